The number of benzene rings is 2. The summed E-state index contributed by atoms with van der Waals surface area (Å²) in [5.74, 6) is 0.175. The first-order valence-corrected chi connectivity index (χ1v) is 12.2. The summed E-state index contributed by atoms with van der Waals surface area (Å²) in [7, 11) is 0. The van der Waals surface area contributed by atoms with Gasteiger partial charge >= 0.3 is 0 Å². The Bertz CT molecular complexity index is 1150. The molecule has 2 atom stereocenters. The Morgan fingerprint density at radius 2 is 1.87 bits per heavy atom. The Morgan fingerprint density at radius 1 is 1.16 bits per heavy atom. The van der Waals surface area contributed by atoms with Crippen molar-refractivity contribution >= 4 is 41.0 Å². The maximum atomic E-state index is 13.4. The van der Waals surface area contributed by atoms with Crippen LogP contribution in [0.4, 0.5) is 0 Å². The van der Waals surface area contributed by atoms with Gasteiger partial charge in [-0.2, -0.15) is 0 Å². The third kappa shape index (κ3) is 4.84. The Kier molecular flexibility index (Phi) is 6.74. The zero-order chi connectivity index (χ0) is 22.0. The van der Waals surface area contributed by atoms with Crippen molar-refractivity contribution in [3.63, 3.8) is 0 Å². The molecule has 0 fully saturated rings. The Balaban J connectivity index is 1.60. The number of nitrogens with one attached hydrogen (secondary N) is 1. The third-order valence-electron chi connectivity index (χ3n) is 5.26. The molecule has 4 rings (SSSR count). The minimum atomic E-state index is -0.111. The molecule has 1 aliphatic rings. The number of hydrogen-bond acceptors (Lipinski definition) is 5. The summed E-state index contributed by atoms with van der Waals surface area (Å²) in [6, 6.07) is 16.8. The topological polar surface area (TPSA) is 64.0 Å². The van der Waals surface area contributed by atoms with E-state index in [0.29, 0.717) is 22.4 Å². The number of amides is 1. The van der Waals surface area contributed by atoms with Gasteiger partial charge in [-0.15, -0.1) is 11.8 Å². The van der Waals surface area contributed by atoms with Gasteiger partial charge in [-0.3, -0.25) is 14.2 Å². The zero-order valence-electron chi connectivity index (χ0n) is 17.2. The van der Waals surface area contributed by atoms with Crippen LogP contribution in [0.2, 0.25) is 5.02 Å². The van der Waals surface area contributed by atoms with Gasteiger partial charge in [-0.1, -0.05) is 67.5 Å². The van der Waals surface area contributed by atoms with Crippen molar-refractivity contribution in [2.75, 3.05) is 5.75 Å². The molecule has 0 bridgehead atoms. The highest BCUT2D eigenvalue weighted by molar-refractivity contribution is 8.00. The van der Waals surface area contributed by atoms with Gasteiger partial charge in [0.15, 0.2) is 5.16 Å². The van der Waals surface area contributed by atoms with Gasteiger partial charge < -0.3 is 5.32 Å². The van der Waals surface area contributed by atoms with Gasteiger partial charge in [0.25, 0.3) is 5.56 Å². The van der Waals surface area contributed by atoms with Crippen LogP contribution in [0.3, 0.4) is 0 Å². The summed E-state index contributed by atoms with van der Waals surface area (Å²) in [4.78, 5) is 30.7. The van der Waals surface area contributed by atoms with E-state index in [1.807, 2.05) is 30.3 Å². The molecule has 0 saturated carbocycles. The van der Waals surface area contributed by atoms with Gasteiger partial charge in [0, 0.05) is 22.7 Å². The summed E-state index contributed by atoms with van der Waals surface area (Å²) >= 11 is 8.92. The minimum Gasteiger partial charge on any atom is -0.351 e. The number of halogens is 1. The molecule has 1 N–H and O–H groups in total. The average Bonchev–Trinajstić information content (AvgIpc) is 3.06. The lowest BCUT2D eigenvalue weighted by molar-refractivity contribution is -0.118. The summed E-state index contributed by atoms with van der Waals surface area (Å²) in [5.41, 5.74) is 2.39. The SMILES string of the molecule is C[C@@H]1c2c(nc(SCC(=O)NCc3ccccc3)n(-c3ccc(Cl)cc3)c2=O)S[C@@H]1C. The number of carbonyl (C=O) groups is 1. The van der Waals surface area contributed by atoms with Gasteiger partial charge in [-0.05, 0) is 29.8 Å². The fourth-order valence-electron chi connectivity index (χ4n) is 3.38. The molecule has 1 amide bonds. The molecule has 2 heterocycles. The molecule has 8 heteroatoms. The molecule has 0 aliphatic carbocycles. The van der Waals surface area contributed by atoms with Crippen LogP contribution in [0.5, 0.6) is 0 Å². The highest BCUT2D eigenvalue weighted by Gasteiger charge is 2.33. The Hall–Kier alpha value is -2.22. The monoisotopic (exact) mass is 471 g/mol. The molecule has 1 aliphatic heterocycles. The zero-order valence-corrected chi connectivity index (χ0v) is 19.6. The quantitative estimate of drug-likeness (QED) is 0.315. The number of fused-ring (bicyclic) bond motifs is 1. The first-order valence-electron chi connectivity index (χ1n) is 9.97. The van der Waals surface area contributed by atoms with Gasteiger partial charge in [0.05, 0.1) is 17.0 Å². The first kappa shape index (κ1) is 22.0. The third-order valence-corrected chi connectivity index (χ3v) is 7.76. The fraction of sp³-hybridized carbons (Fsp3) is 0.261. The van der Waals surface area contributed by atoms with Crippen LogP contribution in [0.1, 0.15) is 30.9 Å². The lowest BCUT2D eigenvalue weighted by atomic mass is 10.0. The maximum Gasteiger partial charge on any atom is 0.263 e. The molecule has 0 saturated heterocycles. The van der Waals surface area contributed by atoms with E-state index < -0.39 is 0 Å². The summed E-state index contributed by atoms with van der Waals surface area (Å²) in [5, 5.41) is 5.07. The molecule has 1 aromatic heterocycles. The fourth-order valence-corrected chi connectivity index (χ4v) is 5.63. The van der Waals surface area contributed by atoms with Crippen LogP contribution in [0.25, 0.3) is 5.69 Å². The first-order chi connectivity index (χ1) is 14.9. The van der Waals surface area contributed by atoms with E-state index in [9.17, 15) is 9.59 Å². The lowest BCUT2D eigenvalue weighted by Crippen LogP contribution is -2.28. The van der Waals surface area contributed by atoms with E-state index in [0.717, 1.165) is 16.2 Å². The van der Waals surface area contributed by atoms with E-state index in [1.165, 1.54) is 11.8 Å². The van der Waals surface area contributed by atoms with Crippen molar-refractivity contribution < 1.29 is 4.79 Å². The molecule has 160 valence electrons. The number of rotatable bonds is 6. The molecular weight excluding hydrogens is 450 g/mol. The molecule has 2 aromatic carbocycles. The van der Waals surface area contributed by atoms with Crippen LogP contribution >= 0.6 is 35.1 Å². The molecule has 0 unspecified atom stereocenters. The highest BCUT2D eigenvalue weighted by Crippen LogP contribution is 2.43. The van der Waals surface area contributed by atoms with Crippen LogP contribution in [0.15, 0.2) is 69.6 Å². The second-order valence-corrected chi connectivity index (χ2v) is 10.1. The largest absolute Gasteiger partial charge is 0.351 e. The van der Waals surface area contributed by atoms with Crippen molar-refractivity contribution in [1.82, 2.24) is 14.9 Å². The van der Waals surface area contributed by atoms with Crippen molar-refractivity contribution in [2.45, 2.75) is 41.7 Å². The van der Waals surface area contributed by atoms with Crippen molar-refractivity contribution in [2.24, 2.45) is 0 Å². The Labute approximate surface area is 194 Å². The number of hydrogen-bond donors (Lipinski definition) is 1. The minimum absolute atomic E-state index is 0.0798. The number of thioether (sulfide) groups is 2. The van der Waals surface area contributed by atoms with E-state index in [2.05, 4.69) is 19.2 Å². The van der Waals surface area contributed by atoms with Crippen LogP contribution in [0, 0.1) is 0 Å². The molecule has 3 aromatic rings. The second kappa shape index (κ2) is 9.51. The number of carbonyl (C=O) groups excluding carboxylic acids is 1. The summed E-state index contributed by atoms with van der Waals surface area (Å²) < 4.78 is 1.60. The summed E-state index contributed by atoms with van der Waals surface area (Å²) in [6.45, 7) is 4.63. The molecule has 0 spiro atoms. The normalized spacial score (nSPS) is 17.4. The average molecular weight is 472 g/mol. The lowest BCUT2D eigenvalue weighted by Gasteiger charge is -2.15. The molecule has 5 nitrogen and oxygen atoms in total. The van der Waals surface area contributed by atoms with Crippen molar-refractivity contribution in [3.05, 3.63) is 81.1 Å². The van der Waals surface area contributed by atoms with Crippen LogP contribution in [-0.4, -0.2) is 26.5 Å². The highest BCUT2D eigenvalue weighted by atomic mass is 35.5. The van der Waals surface area contributed by atoms with E-state index in [-0.39, 0.29) is 28.4 Å². The van der Waals surface area contributed by atoms with E-state index >= 15 is 0 Å². The Morgan fingerprint density at radius 3 is 2.58 bits per heavy atom. The summed E-state index contributed by atoms with van der Waals surface area (Å²) in [6.07, 6.45) is 0. The second-order valence-electron chi connectivity index (χ2n) is 7.39. The molecular formula is C23H22ClN3O2S2. The van der Waals surface area contributed by atoms with Crippen LogP contribution in [-0.2, 0) is 11.3 Å². The van der Waals surface area contributed by atoms with E-state index in [1.54, 1.807) is 40.6 Å². The predicted molar refractivity (Wildman–Crippen MR) is 128 cm³/mol. The van der Waals surface area contributed by atoms with Crippen LogP contribution < -0.4 is 10.9 Å². The maximum absolute atomic E-state index is 13.4. The van der Waals surface area contributed by atoms with Crippen molar-refractivity contribution in [3.8, 4) is 5.69 Å². The number of aromatic nitrogens is 2. The van der Waals surface area contributed by atoms with Gasteiger partial charge in [-0.25, -0.2) is 4.98 Å². The van der Waals surface area contributed by atoms with Gasteiger partial charge in [0.1, 0.15) is 5.03 Å². The van der Waals surface area contributed by atoms with E-state index in [4.69, 9.17) is 16.6 Å². The number of nitrogens with zero attached hydrogens (tertiary/aromatic N) is 2. The predicted octanol–water partition coefficient (Wildman–Crippen LogP) is 4.89. The molecule has 31 heavy (non-hydrogen) atoms. The van der Waals surface area contributed by atoms with Crippen molar-refractivity contribution in [1.29, 1.82) is 0 Å². The molecule has 0 radical (unpaired) electrons. The van der Waals surface area contributed by atoms with Gasteiger partial charge in [0.2, 0.25) is 5.91 Å². The standard InChI is InChI=1S/C23H22ClN3O2S2/c1-14-15(2)31-21-20(14)22(29)27(18-10-8-17(24)9-11-18)23(26-21)30-13-19(28)25-12-16-6-4-3-5-7-16/h3-11,14-15H,12-13H2,1-2H3,(H,25,28)/t14-,15+/m0/s1. The smallest absolute Gasteiger partial charge is 0.263 e.